The van der Waals surface area contributed by atoms with Gasteiger partial charge in [0.15, 0.2) is 0 Å². The maximum absolute atomic E-state index is 12.8. The van der Waals surface area contributed by atoms with Gasteiger partial charge in [-0.15, -0.1) is 0 Å². The second-order valence-electron chi connectivity index (χ2n) is 13.4. The normalized spacial score (nSPS) is 44.5. The molecule has 0 spiro atoms. The van der Waals surface area contributed by atoms with Gasteiger partial charge in [0.1, 0.15) is 5.78 Å². The molecular weight excluding hydrogens is 424 g/mol. The van der Waals surface area contributed by atoms with Crippen LogP contribution in [0.4, 0.5) is 0 Å². The monoisotopic (exact) mass is 470 g/mol. The number of hydrogen-bond donors (Lipinski definition) is 2. The number of carbonyl (C=O) groups excluding carboxylic acids is 1. The molecule has 0 aliphatic heterocycles. The largest absolute Gasteiger partial charge is 0.478 e. The van der Waals surface area contributed by atoms with Crippen LogP contribution in [0.1, 0.15) is 99.8 Å². The second kappa shape index (κ2) is 8.32. The first-order chi connectivity index (χ1) is 15.7. The molecule has 0 radical (unpaired) electrons. The first kappa shape index (κ1) is 25.7. The van der Waals surface area contributed by atoms with Crippen molar-refractivity contribution in [1.82, 2.24) is 0 Å². The third kappa shape index (κ3) is 3.41. The summed E-state index contributed by atoms with van der Waals surface area (Å²) in [5, 5.41) is 21.0. The van der Waals surface area contributed by atoms with Gasteiger partial charge in [-0.25, -0.2) is 4.79 Å². The summed E-state index contributed by atoms with van der Waals surface area (Å²) in [5.41, 5.74) is 1.43. The van der Waals surface area contributed by atoms with Gasteiger partial charge in [0.05, 0.1) is 6.10 Å². The fraction of sp³-hybridized carbons (Fsp3) is 0.800. The molecule has 190 valence electrons. The van der Waals surface area contributed by atoms with Crippen LogP contribution in [0.3, 0.4) is 0 Å². The summed E-state index contributed by atoms with van der Waals surface area (Å²) < 4.78 is 0. The van der Waals surface area contributed by atoms with E-state index in [1.54, 1.807) is 6.92 Å². The minimum Gasteiger partial charge on any atom is -0.478 e. The van der Waals surface area contributed by atoms with Crippen LogP contribution in [-0.4, -0.2) is 28.1 Å². The van der Waals surface area contributed by atoms with Crippen LogP contribution in [0.25, 0.3) is 0 Å². The first-order valence-electron chi connectivity index (χ1n) is 13.5. The molecule has 4 aliphatic rings. The van der Waals surface area contributed by atoms with Crippen molar-refractivity contribution >= 4 is 11.8 Å². The van der Waals surface area contributed by atoms with Crippen LogP contribution in [0.5, 0.6) is 0 Å². The van der Waals surface area contributed by atoms with Crippen LogP contribution in [0.2, 0.25) is 0 Å². The van der Waals surface area contributed by atoms with Crippen LogP contribution >= 0.6 is 0 Å². The molecule has 2 N–H and O–H groups in total. The number of aliphatic carboxylic acids is 1. The van der Waals surface area contributed by atoms with E-state index in [1.165, 1.54) is 5.57 Å². The van der Waals surface area contributed by atoms with Gasteiger partial charge in [-0.05, 0) is 86.4 Å². The van der Waals surface area contributed by atoms with E-state index >= 15 is 0 Å². The molecule has 0 unspecified atom stereocenters. The lowest BCUT2D eigenvalue weighted by Gasteiger charge is -2.64. The summed E-state index contributed by atoms with van der Waals surface area (Å²) in [6, 6.07) is 0. The average molecular weight is 471 g/mol. The van der Waals surface area contributed by atoms with E-state index in [4.69, 9.17) is 5.11 Å². The van der Waals surface area contributed by atoms with Gasteiger partial charge in [0, 0.05) is 22.8 Å². The Labute approximate surface area is 206 Å². The van der Waals surface area contributed by atoms with Crippen molar-refractivity contribution in [1.29, 1.82) is 0 Å². The van der Waals surface area contributed by atoms with Gasteiger partial charge < -0.3 is 10.2 Å². The SMILES string of the molecule is C/C(=C/CC[C@@H](C)[C@H]1CC[C@@]2(C)[C@@H]3CC[C@H]4C(C)(C)C(=O)CC[C@]4(C)C3=C[C@@H](O)[C@]12C)C(=O)O. The minimum atomic E-state index is -0.842. The predicted octanol–water partition coefficient (Wildman–Crippen LogP) is 6.58. The Morgan fingerprint density at radius 2 is 1.82 bits per heavy atom. The number of fused-ring (bicyclic) bond motifs is 5. The molecule has 8 atom stereocenters. The highest BCUT2D eigenvalue weighted by molar-refractivity contribution is 5.86. The lowest BCUT2D eigenvalue weighted by Crippen LogP contribution is -2.60. The summed E-state index contributed by atoms with van der Waals surface area (Å²) in [7, 11) is 0. The quantitative estimate of drug-likeness (QED) is 0.352. The second-order valence-corrected chi connectivity index (χ2v) is 13.4. The lowest BCUT2D eigenvalue weighted by molar-refractivity contribution is -0.146. The van der Waals surface area contributed by atoms with Crippen LogP contribution in [0.15, 0.2) is 23.3 Å². The minimum absolute atomic E-state index is 0.00545. The molecule has 4 aliphatic carbocycles. The number of Topliss-reactive ketones (excluding diaryl/α,β-unsaturated/α-hetero) is 1. The predicted molar refractivity (Wildman–Crippen MR) is 135 cm³/mol. The number of rotatable bonds is 5. The molecule has 0 bridgehead atoms. The molecule has 0 amide bonds. The Balaban J connectivity index is 1.64. The van der Waals surface area contributed by atoms with E-state index in [0.717, 1.165) is 44.9 Å². The van der Waals surface area contributed by atoms with Gasteiger partial charge in [-0.3, -0.25) is 4.79 Å². The maximum Gasteiger partial charge on any atom is 0.330 e. The zero-order chi connectivity index (χ0) is 25.3. The number of carboxylic acid groups (broad SMARTS) is 1. The van der Waals surface area contributed by atoms with Crippen molar-refractivity contribution in [3.05, 3.63) is 23.3 Å². The first-order valence-corrected chi connectivity index (χ1v) is 13.5. The van der Waals surface area contributed by atoms with Gasteiger partial charge >= 0.3 is 5.97 Å². The molecular formula is C30H46O4. The molecule has 3 saturated carbocycles. The molecule has 0 aromatic carbocycles. The fourth-order valence-corrected chi connectivity index (χ4v) is 9.37. The maximum atomic E-state index is 12.8. The summed E-state index contributed by atoms with van der Waals surface area (Å²) in [6.45, 7) is 15.4. The molecule has 0 aromatic rings. The number of hydrogen-bond acceptors (Lipinski definition) is 3. The summed E-state index contributed by atoms with van der Waals surface area (Å²) in [5.74, 6) is 1.22. The van der Waals surface area contributed by atoms with E-state index in [-0.39, 0.29) is 21.7 Å². The smallest absolute Gasteiger partial charge is 0.330 e. The summed E-state index contributed by atoms with van der Waals surface area (Å²) in [6.07, 6.45) is 11.3. The lowest BCUT2D eigenvalue weighted by atomic mass is 9.41. The number of carboxylic acids is 1. The molecule has 0 aromatic heterocycles. The molecule has 34 heavy (non-hydrogen) atoms. The van der Waals surface area contributed by atoms with E-state index in [2.05, 4.69) is 47.6 Å². The fourth-order valence-electron chi connectivity index (χ4n) is 9.37. The highest BCUT2D eigenvalue weighted by Crippen LogP contribution is 2.72. The van der Waals surface area contributed by atoms with Crippen molar-refractivity contribution < 1.29 is 19.8 Å². The van der Waals surface area contributed by atoms with Crippen LogP contribution in [-0.2, 0) is 9.59 Å². The Morgan fingerprint density at radius 3 is 2.47 bits per heavy atom. The van der Waals surface area contributed by atoms with Gasteiger partial charge in [-0.1, -0.05) is 59.3 Å². The Morgan fingerprint density at radius 1 is 1.15 bits per heavy atom. The van der Waals surface area contributed by atoms with E-state index in [9.17, 15) is 14.7 Å². The molecule has 0 saturated heterocycles. The van der Waals surface area contributed by atoms with Gasteiger partial charge in [-0.2, -0.15) is 0 Å². The topological polar surface area (TPSA) is 74.6 Å². The average Bonchev–Trinajstić information content (AvgIpc) is 3.05. The number of allylic oxidation sites excluding steroid dienone is 2. The Hall–Kier alpha value is -1.42. The standard InChI is InChI=1S/C30H46O4/c1-18(9-8-10-19(2)26(33)34)20-13-16-29(6)21-11-12-23-27(3,4)24(31)14-15-28(23,5)22(21)17-25(32)30(20,29)7/h10,17-18,20-21,23,25,32H,8-9,11-16H2,1-7H3,(H,33,34)/b19-10-/t18-,20-,21-,23+,25-,28-,29+,30+/m1/s1. The van der Waals surface area contributed by atoms with Crippen LogP contribution in [0, 0.1) is 45.3 Å². The van der Waals surface area contributed by atoms with E-state index in [1.807, 2.05) is 6.08 Å². The number of carbonyl (C=O) groups is 2. The number of ketones is 1. The Bertz CT molecular complexity index is 928. The molecule has 3 fully saturated rings. The summed E-state index contributed by atoms with van der Waals surface area (Å²) >= 11 is 0. The highest BCUT2D eigenvalue weighted by atomic mass is 16.4. The Kier molecular flexibility index (Phi) is 6.28. The van der Waals surface area contributed by atoms with Crippen molar-refractivity contribution in [2.24, 2.45) is 45.3 Å². The number of aliphatic hydroxyl groups excluding tert-OH is 1. The highest BCUT2D eigenvalue weighted by Gasteiger charge is 2.67. The molecule has 4 nitrogen and oxygen atoms in total. The van der Waals surface area contributed by atoms with Crippen LogP contribution < -0.4 is 0 Å². The molecule has 4 heteroatoms. The molecule has 0 heterocycles. The molecule has 4 rings (SSSR count). The van der Waals surface area contributed by atoms with E-state index in [0.29, 0.717) is 41.4 Å². The van der Waals surface area contributed by atoms with Crippen molar-refractivity contribution in [3.8, 4) is 0 Å². The third-order valence-electron chi connectivity index (χ3n) is 11.8. The summed E-state index contributed by atoms with van der Waals surface area (Å²) in [4.78, 5) is 24.0. The third-order valence-corrected chi connectivity index (χ3v) is 11.8. The van der Waals surface area contributed by atoms with E-state index < -0.39 is 12.1 Å². The van der Waals surface area contributed by atoms with Crippen molar-refractivity contribution in [2.45, 2.75) is 106 Å². The zero-order valence-corrected chi connectivity index (χ0v) is 22.4. The zero-order valence-electron chi connectivity index (χ0n) is 22.4. The van der Waals surface area contributed by atoms with Crippen molar-refractivity contribution in [3.63, 3.8) is 0 Å². The van der Waals surface area contributed by atoms with Crippen molar-refractivity contribution in [2.75, 3.05) is 0 Å². The van der Waals surface area contributed by atoms with Gasteiger partial charge in [0.2, 0.25) is 0 Å². The van der Waals surface area contributed by atoms with Gasteiger partial charge in [0.25, 0.3) is 0 Å². The number of aliphatic hydroxyl groups is 1.